The number of benzene rings is 1. The van der Waals surface area contributed by atoms with Gasteiger partial charge in [-0.3, -0.25) is 4.79 Å². The van der Waals surface area contributed by atoms with Crippen LogP contribution in [0.1, 0.15) is 43.0 Å². The molecule has 1 fully saturated rings. The molecule has 2 unspecified atom stereocenters. The molecule has 4 nitrogen and oxygen atoms in total. The molecule has 0 radical (unpaired) electrons. The number of carbonyl (C=O) groups is 1. The van der Waals surface area contributed by atoms with Crippen LogP contribution in [0.3, 0.4) is 0 Å². The van der Waals surface area contributed by atoms with Gasteiger partial charge in [-0.15, -0.1) is 0 Å². The van der Waals surface area contributed by atoms with Crippen LogP contribution in [0.2, 0.25) is 0 Å². The molecule has 4 heteroatoms. The summed E-state index contributed by atoms with van der Waals surface area (Å²) in [5, 5.41) is 0. The van der Waals surface area contributed by atoms with E-state index in [1.807, 2.05) is 0 Å². The van der Waals surface area contributed by atoms with Crippen LogP contribution in [0.15, 0.2) is 18.2 Å². The van der Waals surface area contributed by atoms with Crippen LogP contribution in [0.25, 0.3) is 0 Å². The molecular weight excluding hydrogens is 256 g/mol. The van der Waals surface area contributed by atoms with Crippen molar-refractivity contribution in [1.82, 2.24) is 0 Å². The second-order valence-corrected chi connectivity index (χ2v) is 5.70. The standard InChI is InChI=1S/C16H20O4/c1-11-3-2-4-13(7-11)18-9-14(17)12-5-6-15-16(8-12)20-10-19-15/h5-6,8,11,13H,2-4,7,9-10H2,1H3. The molecule has 3 rings (SSSR count). The van der Waals surface area contributed by atoms with Gasteiger partial charge in [-0.05, 0) is 37.0 Å². The van der Waals surface area contributed by atoms with Crippen molar-refractivity contribution in [3.8, 4) is 11.5 Å². The Kier molecular flexibility index (Phi) is 3.92. The zero-order valence-electron chi connectivity index (χ0n) is 11.8. The van der Waals surface area contributed by atoms with Gasteiger partial charge in [-0.1, -0.05) is 19.8 Å². The van der Waals surface area contributed by atoms with Crippen LogP contribution in [0.5, 0.6) is 11.5 Å². The summed E-state index contributed by atoms with van der Waals surface area (Å²) in [5.41, 5.74) is 0.623. The first-order chi connectivity index (χ1) is 9.72. The molecule has 1 aromatic rings. The summed E-state index contributed by atoms with van der Waals surface area (Å²) in [6, 6.07) is 5.28. The lowest BCUT2D eigenvalue weighted by Crippen LogP contribution is -2.24. The lowest BCUT2D eigenvalue weighted by molar-refractivity contribution is 0.0182. The van der Waals surface area contributed by atoms with E-state index in [9.17, 15) is 4.79 Å². The van der Waals surface area contributed by atoms with Gasteiger partial charge < -0.3 is 14.2 Å². The van der Waals surface area contributed by atoms with Crippen LogP contribution >= 0.6 is 0 Å². The fourth-order valence-corrected chi connectivity index (χ4v) is 2.88. The molecule has 0 N–H and O–H groups in total. The normalized spacial score (nSPS) is 24.6. The third kappa shape index (κ3) is 2.96. The molecule has 1 aromatic carbocycles. The number of Topliss-reactive ketones (excluding diaryl/α,β-unsaturated/α-hetero) is 1. The van der Waals surface area contributed by atoms with Gasteiger partial charge in [0.15, 0.2) is 17.3 Å². The van der Waals surface area contributed by atoms with Crippen molar-refractivity contribution in [2.45, 2.75) is 38.7 Å². The number of hydrogen-bond donors (Lipinski definition) is 0. The molecule has 1 heterocycles. The quantitative estimate of drug-likeness (QED) is 0.792. The van der Waals surface area contributed by atoms with Gasteiger partial charge in [-0.2, -0.15) is 0 Å². The molecular formula is C16H20O4. The molecule has 0 amide bonds. The van der Waals surface area contributed by atoms with Crippen LogP contribution < -0.4 is 9.47 Å². The predicted octanol–water partition coefficient (Wildman–Crippen LogP) is 3.19. The van der Waals surface area contributed by atoms with E-state index in [2.05, 4.69) is 6.92 Å². The van der Waals surface area contributed by atoms with E-state index in [4.69, 9.17) is 14.2 Å². The van der Waals surface area contributed by atoms with Gasteiger partial charge in [0, 0.05) is 5.56 Å². The largest absolute Gasteiger partial charge is 0.454 e. The average molecular weight is 276 g/mol. The molecule has 1 aliphatic heterocycles. The minimum absolute atomic E-state index is 0.00141. The lowest BCUT2D eigenvalue weighted by atomic mass is 9.89. The number of ether oxygens (including phenoxy) is 3. The molecule has 20 heavy (non-hydrogen) atoms. The highest BCUT2D eigenvalue weighted by atomic mass is 16.7. The minimum atomic E-state index is 0.00141. The highest BCUT2D eigenvalue weighted by Crippen LogP contribution is 2.32. The van der Waals surface area contributed by atoms with Crippen molar-refractivity contribution in [1.29, 1.82) is 0 Å². The maximum Gasteiger partial charge on any atom is 0.231 e. The monoisotopic (exact) mass is 276 g/mol. The summed E-state index contributed by atoms with van der Waals surface area (Å²) in [7, 11) is 0. The van der Waals surface area contributed by atoms with Gasteiger partial charge in [-0.25, -0.2) is 0 Å². The average Bonchev–Trinajstić information content (AvgIpc) is 2.92. The topological polar surface area (TPSA) is 44.8 Å². The predicted molar refractivity (Wildman–Crippen MR) is 74.3 cm³/mol. The van der Waals surface area contributed by atoms with Crippen molar-refractivity contribution in [2.24, 2.45) is 5.92 Å². The summed E-state index contributed by atoms with van der Waals surface area (Å²) < 4.78 is 16.3. The zero-order valence-corrected chi connectivity index (χ0v) is 11.8. The molecule has 1 aliphatic carbocycles. The molecule has 0 bridgehead atoms. The Bertz CT molecular complexity index is 497. The van der Waals surface area contributed by atoms with Gasteiger partial charge in [0.05, 0.1) is 6.10 Å². The number of hydrogen-bond acceptors (Lipinski definition) is 4. The highest BCUT2D eigenvalue weighted by molar-refractivity contribution is 5.97. The van der Waals surface area contributed by atoms with Crippen molar-refractivity contribution in [3.05, 3.63) is 23.8 Å². The van der Waals surface area contributed by atoms with Crippen molar-refractivity contribution in [2.75, 3.05) is 13.4 Å². The Morgan fingerprint density at radius 3 is 3.00 bits per heavy atom. The fraction of sp³-hybridized carbons (Fsp3) is 0.562. The first-order valence-corrected chi connectivity index (χ1v) is 7.27. The minimum Gasteiger partial charge on any atom is -0.454 e. The van der Waals surface area contributed by atoms with E-state index in [0.717, 1.165) is 12.8 Å². The highest BCUT2D eigenvalue weighted by Gasteiger charge is 2.21. The Balaban J connectivity index is 1.56. The van der Waals surface area contributed by atoms with Crippen molar-refractivity contribution < 1.29 is 19.0 Å². The second kappa shape index (κ2) is 5.83. The SMILES string of the molecule is CC1CCCC(OCC(=O)c2ccc3c(c2)OCO3)C1. The van der Waals surface area contributed by atoms with E-state index in [0.29, 0.717) is 23.0 Å². The fourth-order valence-electron chi connectivity index (χ4n) is 2.88. The molecule has 2 aliphatic rings. The van der Waals surface area contributed by atoms with Gasteiger partial charge in [0.2, 0.25) is 6.79 Å². The molecule has 1 saturated carbocycles. The van der Waals surface area contributed by atoms with Crippen LogP contribution in [-0.4, -0.2) is 25.3 Å². The third-order valence-corrected chi connectivity index (χ3v) is 4.03. The van der Waals surface area contributed by atoms with Crippen LogP contribution in [-0.2, 0) is 4.74 Å². The van der Waals surface area contributed by atoms with Gasteiger partial charge >= 0.3 is 0 Å². The van der Waals surface area contributed by atoms with E-state index in [1.165, 1.54) is 12.8 Å². The van der Waals surface area contributed by atoms with Crippen LogP contribution in [0.4, 0.5) is 0 Å². The Morgan fingerprint density at radius 2 is 2.15 bits per heavy atom. The van der Waals surface area contributed by atoms with E-state index >= 15 is 0 Å². The van der Waals surface area contributed by atoms with E-state index < -0.39 is 0 Å². The first kappa shape index (κ1) is 13.4. The molecule has 0 spiro atoms. The summed E-state index contributed by atoms with van der Waals surface area (Å²) in [5.74, 6) is 2.04. The smallest absolute Gasteiger partial charge is 0.231 e. The maximum atomic E-state index is 12.1. The summed E-state index contributed by atoms with van der Waals surface area (Å²) in [6.07, 6.45) is 4.84. The first-order valence-electron chi connectivity index (χ1n) is 7.27. The van der Waals surface area contributed by atoms with Gasteiger partial charge in [0.1, 0.15) is 6.61 Å². The number of carbonyl (C=O) groups excluding carboxylic acids is 1. The molecule has 0 aromatic heterocycles. The van der Waals surface area contributed by atoms with E-state index in [-0.39, 0.29) is 25.3 Å². The summed E-state index contributed by atoms with van der Waals surface area (Å²) in [4.78, 5) is 12.1. The molecule has 108 valence electrons. The molecule has 0 saturated heterocycles. The number of rotatable bonds is 4. The zero-order chi connectivity index (χ0) is 13.9. The Morgan fingerprint density at radius 1 is 1.30 bits per heavy atom. The van der Waals surface area contributed by atoms with Crippen molar-refractivity contribution >= 4 is 5.78 Å². The third-order valence-electron chi connectivity index (χ3n) is 4.03. The molecule has 2 atom stereocenters. The van der Waals surface area contributed by atoms with E-state index in [1.54, 1.807) is 18.2 Å². The maximum absolute atomic E-state index is 12.1. The number of ketones is 1. The summed E-state index contributed by atoms with van der Waals surface area (Å²) in [6.45, 7) is 2.62. The Labute approximate surface area is 119 Å². The number of fused-ring (bicyclic) bond motifs is 1. The summed E-state index contributed by atoms with van der Waals surface area (Å²) >= 11 is 0. The Hall–Kier alpha value is -1.55. The lowest BCUT2D eigenvalue weighted by Gasteiger charge is -2.26. The van der Waals surface area contributed by atoms with Gasteiger partial charge in [0.25, 0.3) is 0 Å². The van der Waals surface area contributed by atoms with Crippen LogP contribution in [0, 0.1) is 5.92 Å². The second-order valence-electron chi connectivity index (χ2n) is 5.70. The van der Waals surface area contributed by atoms with Crippen molar-refractivity contribution in [3.63, 3.8) is 0 Å².